The largest absolute Gasteiger partial charge is 0.494 e. The van der Waals surface area contributed by atoms with E-state index in [0.717, 1.165) is 97.1 Å². The third-order valence-electron chi connectivity index (χ3n) is 14.6. The molecule has 3 aliphatic rings. The molecule has 0 spiro atoms. The maximum absolute atomic E-state index is 6.11. The van der Waals surface area contributed by atoms with Gasteiger partial charge in [-0.3, -0.25) is 10.2 Å². The van der Waals surface area contributed by atoms with Crippen LogP contribution in [0.2, 0.25) is 5.15 Å². The quantitative estimate of drug-likeness (QED) is 0.139. The zero-order valence-electron chi connectivity index (χ0n) is 41.5. The van der Waals surface area contributed by atoms with Gasteiger partial charge in [-0.25, -0.2) is 29.0 Å². The smallest absolute Gasteiger partial charge is 0.399 e. The van der Waals surface area contributed by atoms with Gasteiger partial charge in [-0.15, -0.1) is 0 Å². The number of aromatic nitrogens is 12. The van der Waals surface area contributed by atoms with Crippen molar-refractivity contribution in [2.24, 2.45) is 0 Å². The molecule has 0 saturated carbocycles. The minimum Gasteiger partial charge on any atom is -0.399 e. The van der Waals surface area contributed by atoms with Crippen LogP contribution in [-0.2, 0) is 22.2 Å². The number of anilines is 2. The SMILES string of the molecule is CC1(C)OB(c2ccc3[nH]ncc3c2)OC1(C)C.CC1CCCN1c1cccc(Cc2cc(-c3ccc4[nH]ncc4c3)nn3ccnc23)n1.CC1CCCN1c1cccc(Cc2cc(Cl)nn3ccnc23)n1. The highest BCUT2D eigenvalue weighted by molar-refractivity contribution is 6.62. The number of fused-ring (bicyclic) bond motifs is 4. The van der Waals surface area contributed by atoms with Crippen molar-refractivity contribution >= 4 is 68.9 Å². The van der Waals surface area contributed by atoms with E-state index in [1.165, 1.54) is 25.7 Å². The summed E-state index contributed by atoms with van der Waals surface area (Å²) in [5.74, 6) is 2.13. The summed E-state index contributed by atoms with van der Waals surface area (Å²) in [5, 5.41) is 25.7. The molecule has 72 heavy (non-hydrogen) atoms. The van der Waals surface area contributed by atoms with Gasteiger partial charge in [-0.2, -0.15) is 20.4 Å². The van der Waals surface area contributed by atoms with Crippen molar-refractivity contribution < 1.29 is 9.31 Å². The molecule has 16 nitrogen and oxygen atoms in total. The van der Waals surface area contributed by atoms with Gasteiger partial charge in [-0.05, 0) is 127 Å². The number of benzene rings is 2. The molecule has 0 bridgehead atoms. The molecule has 2 atom stereocenters. The summed E-state index contributed by atoms with van der Waals surface area (Å²) in [6, 6.07) is 30.0. The molecular formula is C54H58BClN14O2. The predicted octanol–water partition coefficient (Wildman–Crippen LogP) is 9.47. The fraction of sp³-hybridized carbons (Fsp3) is 0.333. The number of H-pyrrole nitrogens is 2. The lowest BCUT2D eigenvalue weighted by Gasteiger charge is -2.32. The molecule has 0 amide bonds. The van der Waals surface area contributed by atoms with Crippen molar-refractivity contribution in [3.05, 3.63) is 150 Å². The average molecular weight is 981 g/mol. The van der Waals surface area contributed by atoms with Crippen LogP contribution in [0.3, 0.4) is 0 Å². The van der Waals surface area contributed by atoms with Gasteiger partial charge in [0.15, 0.2) is 11.3 Å². The van der Waals surface area contributed by atoms with Gasteiger partial charge in [0.1, 0.15) is 16.8 Å². The molecule has 8 aromatic heterocycles. The Morgan fingerprint density at radius 2 is 1.19 bits per heavy atom. The molecule has 366 valence electrons. The normalized spacial score (nSPS) is 18.3. The van der Waals surface area contributed by atoms with Crippen molar-refractivity contribution in [1.29, 1.82) is 0 Å². The van der Waals surface area contributed by atoms with Crippen LogP contribution in [0.1, 0.15) is 89.7 Å². The van der Waals surface area contributed by atoms with E-state index in [1.54, 1.807) is 23.1 Å². The lowest BCUT2D eigenvalue weighted by molar-refractivity contribution is 0.00578. The second kappa shape index (κ2) is 19.4. The van der Waals surface area contributed by atoms with Gasteiger partial charge in [-0.1, -0.05) is 41.9 Å². The maximum atomic E-state index is 6.11. The van der Waals surface area contributed by atoms with E-state index in [4.69, 9.17) is 36.0 Å². The summed E-state index contributed by atoms with van der Waals surface area (Å²) in [4.78, 5) is 23.5. The molecule has 0 aliphatic carbocycles. The Morgan fingerprint density at radius 1 is 0.653 bits per heavy atom. The van der Waals surface area contributed by atoms with Gasteiger partial charge in [0, 0.05) is 102 Å². The second-order valence-electron chi connectivity index (χ2n) is 20.1. The molecule has 18 heteroatoms. The molecule has 2 N–H and O–H groups in total. The summed E-state index contributed by atoms with van der Waals surface area (Å²) >= 11 is 6.11. The number of pyridine rings is 2. The Labute approximate surface area is 423 Å². The number of nitrogens with zero attached hydrogens (tertiary/aromatic N) is 12. The highest BCUT2D eigenvalue weighted by atomic mass is 35.5. The van der Waals surface area contributed by atoms with Crippen molar-refractivity contribution in [1.82, 2.24) is 59.6 Å². The van der Waals surface area contributed by atoms with Gasteiger partial charge >= 0.3 is 7.12 Å². The van der Waals surface area contributed by atoms with Crippen LogP contribution < -0.4 is 15.3 Å². The lowest BCUT2D eigenvalue weighted by atomic mass is 9.79. The second-order valence-corrected chi connectivity index (χ2v) is 20.5. The standard InChI is InChI=1S/C24H23N7.C17H18ClN5.C13H17BN2O2/c1-16-4-3-10-30(16)23-6-2-5-20(27-23)13-18-14-22(29-31-11-9-25-24(18)31)17-7-8-21-19(12-17)15-26-28-21;1-12-4-3-8-22(12)16-6-2-5-14(20-16)10-13-11-15(18)21-23-9-7-19-17(13)23;1-12(2)13(3,4)18-14(17-12)10-5-6-11-9(7-10)8-15-16-11/h2,5-9,11-12,14-16H,3-4,10,13H2,1H3,(H,26,28);2,5-7,9,11-12H,3-4,8,10H2,1H3;5-8H,1-4H3,(H,15,16). The number of rotatable bonds is 8. The van der Waals surface area contributed by atoms with Crippen molar-refractivity contribution in [3.8, 4) is 11.3 Å². The van der Waals surface area contributed by atoms with Crippen LogP contribution >= 0.6 is 11.6 Å². The first-order valence-electron chi connectivity index (χ1n) is 24.8. The fourth-order valence-corrected chi connectivity index (χ4v) is 10.1. The summed E-state index contributed by atoms with van der Waals surface area (Å²) in [6.45, 7) is 14.9. The number of nitrogens with one attached hydrogen (secondary N) is 2. The van der Waals surface area contributed by atoms with E-state index in [0.29, 0.717) is 30.1 Å². The first-order valence-corrected chi connectivity index (χ1v) is 25.2. The molecule has 3 saturated heterocycles. The van der Waals surface area contributed by atoms with E-state index in [2.05, 4.69) is 147 Å². The molecule has 3 fully saturated rings. The van der Waals surface area contributed by atoms with E-state index in [9.17, 15) is 0 Å². The minimum atomic E-state index is -0.311. The Bertz CT molecular complexity index is 3510. The molecule has 3 aliphatic heterocycles. The van der Waals surface area contributed by atoms with Gasteiger partial charge < -0.3 is 19.1 Å². The monoisotopic (exact) mass is 980 g/mol. The van der Waals surface area contributed by atoms with E-state index in [-0.39, 0.29) is 18.3 Å². The van der Waals surface area contributed by atoms with Crippen molar-refractivity contribution in [2.75, 3.05) is 22.9 Å². The first kappa shape index (κ1) is 47.1. The van der Waals surface area contributed by atoms with E-state index < -0.39 is 0 Å². The number of imidazole rings is 2. The minimum absolute atomic E-state index is 0.303. The number of hydrogen-bond acceptors (Lipinski definition) is 12. The molecule has 2 unspecified atom stereocenters. The number of hydrogen-bond donors (Lipinski definition) is 2. The zero-order valence-corrected chi connectivity index (χ0v) is 42.3. The molecule has 11 heterocycles. The Morgan fingerprint density at radius 3 is 1.76 bits per heavy atom. The van der Waals surface area contributed by atoms with Gasteiger partial charge in [0.05, 0.1) is 40.3 Å². The fourth-order valence-electron chi connectivity index (χ4n) is 9.91. The molecule has 10 aromatic rings. The Balaban J connectivity index is 0.000000122. The topological polar surface area (TPSA) is 168 Å². The van der Waals surface area contributed by atoms with E-state index >= 15 is 0 Å². The zero-order chi connectivity index (χ0) is 49.6. The number of aromatic amines is 2. The van der Waals surface area contributed by atoms with Crippen LogP contribution in [0.5, 0.6) is 0 Å². The average Bonchev–Trinajstić information content (AvgIpc) is 4.24. The summed E-state index contributed by atoms with van der Waals surface area (Å²) < 4.78 is 15.6. The Kier molecular flexibility index (Phi) is 12.7. The molecule has 0 radical (unpaired) electrons. The Hall–Kier alpha value is -7.21. The van der Waals surface area contributed by atoms with Crippen molar-refractivity contribution in [3.63, 3.8) is 0 Å². The summed E-state index contributed by atoms with van der Waals surface area (Å²) in [7, 11) is -0.311. The number of halogens is 1. The lowest BCUT2D eigenvalue weighted by Crippen LogP contribution is -2.41. The third-order valence-corrected chi connectivity index (χ3v) is 14.8. The molecule has 2 aromatic carbocycles. The van der Waals surface area contributed by atoms with Gasteiger partial charge in [0.2, 0.25) is 0 Å². The van der Waals surface area contributed by atoms with Crippen LogP contribution in [0.25, 0.3) is 44.4 Å². The van der Waals surface area contributed by atoms with Crippen LogP contribution in [0, 0.1) is 0 Å². The van der Waals surface area contributed by atoms with Crippen molar-refractivity contribution in [2.45, 2.75) is 103 Å². The predicted molar refractivity (Wildman–Crippen MR) is 284 cm³/mol. The molecular weight excluding hydrogens is 923 g/mol. The molecule has 13 rings (SSSR count). The van der Waals surface area contributed by atoms with Crippen LogP contribution in [0.4, 0.5) is 11.6 Å². The first-order chi connectivity index (χ1) is 34.8. The maximum Gasteiger partial charge on any atom is 0.494 e. The van der Waals surface area contributed by atoms with Gasteiger partial charge in [0.25, 0.3) is 0 Å². The summed E-state index contributed by atoms with van der Waals surface area (Å²) in [6.07, 6.45) is 17.2. The van der Waals surface area contributed by atoms with Crippen LogP contribution in [-0.4, -0.2) is 103 Å². The highest BCUT2D eigenvalue weighted by Crippen LogP contribution is 2.37. The van der Waals surface area contributed by atoms with Crippen LogP contribution in [0.15, 0.2) is 122 Å². The van der Waals surface area contributed by atoms with E-state index in [1.807, 2.05) is 47.4 Å². The third kappa shape index (κ3) is 9.63. The summed E-state index contributed by atoms with van der Waals surface area (Å²) in [5.41, 5.74) is 10.3. The highest BCUT2D eigenvalue weighted by Gasteiger charge is 2.51.